The molecule has 1 atom stereocenters. The summed E-state index contributed by atoms with van der Waals surface area (Å²) >= 11 is 7.40. The smallest absolute Gasteiger partial charge is 0.301 e. The van der Waals surface area contributed by atoms with Gasteiger partial charge in [-0.1, -0.05) is 42.0 Å². The fraction of sp³-hybridized carbons (Fsp3) is 0.179. The van der Waals surface area contributed by atoms with E-state index in [1.807, 2.05) is 6.92 Å². The van der Waals surface area contributed by atoms with E-state index in [1.165, 1.54) is 23.3 Å². The zero-order valence-corrected chi connectivity index (χ0v) is 21.7. The van der Waals surface area contributed by atoms with Gasteiger partial charge < -0.3 is 14.6 Å². The van der Waals surface area contributed by atoms with E-state index in [0.29, 0.717) is 44.9 Å². The third kappa shape index (κ3) is 4.65. The van der Waals surface area contributed by atoms with E-state index < -0.39 is 17.7 Å². The molecule has 7 nitrogen and oxygen atoms in total. The lowest BCUT2D eigenvalue weighted by atomic mass is 9.95. The highest BCUT2D eigenvalue weighted by molar-refractivity contribution is 7.22. The number of aromatic nitrogens is 1. The summed E-state index contributed by atoms with van der Waals surface area (Å²) in [6.07, 6.45) is 0.865. The predicted molar refractivity (Wildman–Crippen MR) is 145 cm³/mol. The molecule has 9 heteroatoms. The zero-order chi connectivity index (χ0) is 26.1. The average molecular weight is 535 g/mol. The van der Waals surface area contributed by atoms with Crippen LogP contribution in [-0.2, 0) is 9.59 Å². The standard InChI is InChI=1S/C28H23ClN2O5S/c1-3-13-36-19-10-7-16(8-11-19)25(32)23-24(17-5-4-6-20(14-17)35-2)31(27(34)26(23)33)28-30-21-12-9-18(29)15-22(21)37-28/h4-12,14-15,24,32H,3,13H2,1-2H3/b25-23+. The molecule has 2 heterocycles. The first kappa shape index (κ1) is 24.8. The molecule has 1 fully saturated rings. The van der Waals surface area contributed by atoms with Crippen molar-refractivity contribution in [2.24, 2.45) is 0 Å². The quantitative estimate of drug-likeness (QED) is 0.168. The molecule has 1 saturated heterocycles. The molecular formula is C28H23ClN2O5S. The Morgan fingerprint density at radius 2 is 1.86 bits per heavy atom. The Kier molecular flexibility index (Phi) is 6.86. The van der Waals surface area contributed by atoms with Crippen molar-refractivity contribution >= 4 is 55.7 Å². The van der Waals surface area contributed by atoms with Crippen molar-refractivity contribution in [1.82, 2.24) is 4.98 Å². The van der Waals surface area contributed by atoms with Crippen LogP contribution in [-0.4, -0.2) is 35.5 Å². The number of benzene rings is 3. The topological polar surface area (TPSA) is 89.0 Å². The van der Waals surface area contributed by atoms with E-state index in [0.717, 1.165) is 11.1 Å². The monoisotopic (exact) mass is 534 g/mol. The molecule has 0 radical (unpaired) electrons. The average Bonchev–Trinajstić information content (AvgIpc) is 3.44. The zero-order valence-electron chi connectivity index (χ0n) is 20.1. The minimum atomic E-state index is -0.915. The largest absolute Gasteiger partial charge is 0.507 e. The van der Waals surface area contributed by atoms with Gasteiger partial charge >= 0.3 is 5.91 Å². The SMILES string of the molecule is CCCOc1ccc(/C(O)=C2\C(=O)C(=O)N(c3nc4ccc(Cl)cc4s3)C2c2cccc(OC)c2)cc1. The van der Waals surface area contributed by atoms with Crippen LogP contribution in [0.1, 0.15) is 30.5 Å². The van der Waals surface area contributed by atoms with E-state index in [-0.39, 0.29) is 11.3 Å². The number of ketones is 1. The Morgan fingerprint density at radius 3 is 2.59 bits per heavy atom. The Balaban J connectivity index is 1.66. The maximum absolute atomic E-state index is 13.4. The number of halogens is 1. The molecule has 5 rings (SSSR count). The number of carbonyl (C=O) groups excluding carboxylic acids is 2. The number of aliphatic hydroxyl groups excluding tert-OH is 1. The van der Waals surface area contributed by atoms with Gasteiger partial charge in [0.05, 0.1) is 35.5 Å². The Morgan fingerprint density at radius 1 is 1.08 bits per heavy atom. The number of hydrogen-bond donors (Lipinski definition) is 1. The summed E-state index contributed by atoms with van der Waals surface area (Å²) in [7, 11) is 1.54. The number of anilines is 1. The molecule has 0 saturated carbocycles. The minimum Gasteiger partial charge on any atom is -0.507 e. The summed E-state index contributed by atoms with van der Waals surface area (Å²) in [5, 5.41) is 12.2. The summed E-state index contributed by atoms with van der Waals surface area (Å²) in [5.41, 5.74) is 1.61. The molecule has 1 aromatic heterocycles. The summed E-state index contributed by atoms with van der Waals surface area (Å²) in [5.74, 6) is -0.649. The number of methoxy groups -OCH3 is 1. The van der Waals surface area contributed by atoms with Crippen LogP contribution in [0.2, 0.25) is 5.02 Å². The Hall–Kier alpha value is -3.88. The number of fused-ring (bicyclic) bond motifs is 1. The number of amides is 1. The van der Waals surface area contributed by atoms with Crippen molar-refractivity contribution in [1.29, 1.82) is 0 Å². The molecule has 188 valence electrons. The van der Waals surface area contributed by atoms with Crippen LogP contribution in [0.4, 0.5) is 5.13 Å². The summed E-state index contributed by atoms with van der Waals surface area (Å²) in [4.78, 5) is 32.8. The van der Waals surface area contributed by atoms with Gasteiger partial charge in [-0.2, -0.15) is 0 Å². The number of Topliss-reactive ketones (excluding diaryl/α,β-unsaturated/α-hetero) is 1. The highest BCUT2D eigenvalue weighted by atomic mass is 35.5. The maximum atomic E-state index is 13.4. The Bertz CT molecular complexity index is 1530. The van der Waals surface area contributed by atoms with Gasteiger partial charge in [-0.3, -0.25) is 14.5 Å². The molecule has 3 aromatic carbocycles. The van der Waals surface area contributed by atoms with Gasteiger partial charge in [-0.25, -0.2) is 4.98 Å². The first-order valence-corrected chi connectivity index (χ1v) is 12.8. The van der Waals surface area contributed by atoms with E-state index >= 15 is 0 Å². The van der Waals surface area contributed by atoms with E-state index in [2.05, 4.69) is 4.98 Å². The number of carbonyl (C=O) groups is 2. The van der Waals surface area contributed by atoms with Crippen molar-refractivity contribution in [2.45, 2.75) is 19.4 Å². The lowest BCUT2D eigenvalue weighted by molar-refractivity contribution is -0.132. The van der Waals surface area contributed by atoms with Crippen molar-refractivity contribution in [3.05, 3.63) is 88.5 Å². The first-order valence-electron chi connectivity index (χ1n) is 11.7. The van der Waals surface area contributed by atoms with Crippen LogP contribution in [0, 0.1) is 0 Å². The number of aliphatic hydroxyl groups is 1. The second-order valence-electron chi connectivity index (χ2n) is 8.43. The maximum Gasteiger partial charge on any atom is 0.301 e. The van der Waals surface area contributed by atoms with Crippen LogP contribution in [0.3, 0.4) is 0 Å². The highest BCUT2D eigenvalue weighted by Gasteiger charge is 2.48. The van der Waals surface area contributed by atoms with Gasteiger partial charge in [-0.05, 0) is 66.6 Å². The lowest BCUT2D eigenvalue weighted by Crippen LogP contribution is -2.29. The summed E-state index contributed by atoms with van der Waals surface area (Å²) in [6.45, 7) is 2.58. The first-order chi connectivity index (χ1) is 17.9. The Labute approximate surface area is 222 Å². The normalized spacial score (nSPS) is 16.9. The molecule has 1 amide bonds. The second kappa shape index (κ2) is 10.2. The molecule has 37 heavy (non-hydrogen) atoms. The van der Waals surface area contributed by atoms with Crippen molar-refractivity contribution in [3.63, 3.8) is 0 Å². The van der Waals surface area contributed by atoms with Crippen molar-refractivity contribution < 1.29 is 24.2 Å². The third-order valence-corrected chi connectivity index (χ3v) is 7.25. The van der Waals surface area contributed by atoms with Crippen LogP contribution >= 0.6 is 22.9 Å². The van der Waals surface area contributed by atoms with Crippen LogP contribution in [0.25, 0.3) is 16.0 Å². The van der Waals surface area contributed by atoms with Gasteiger partial charge in [-0.15, -0.1) is 0 Å². The number of rotatable bonds is 7. The second-order valence-corrected chi connectivity index (χ2v) is 9.87. The van der Waals surface area contributed by atoms with Crippen LogP contribution in [0.5, 0.6) is 11.5 Å². The van der Waals surface area contributed by atoms with E-state index in [4.69, 9.17) is 21.1 Å². The molecule has 1 N–H and O–H groups in total. The molecule has 0 spiro atoms. The van der Waals surface area contributed by atoms with Crippen molar-refractivity contribution in [3.8, 4) is 11.5 Å². The molecular weight excluding hydrogens is 512 g/mol. The lowest BCUT2D eigenvalue weighted by Gasteiger charge is -2.23. The van der Waals surface area contributed by atoms with Crippen LogP contribution in [0.15, 0.2) is 72.3 Å². The summed E-state index contributed by atoms with van der Waals surface area (Å²) in [6, 6.07) is 18.2. The van der Waals surface area contributed by atoms with E-state index in [9.17, 15) is 14.7 Å². The van der Waals surface area contributed by atoms with Gasteiger partial charge in [0.25, 0.3) is 5.78 Å². The third-order valence-electron chi connectivity index (χ3n) is 6.00. The number of ether oxygens (including phenoxy) is 2. The van der Waals surface area contributed by atoms with Gasteiger partial charge in [0.2, 0.25) is 0 Å². The molecule has 4 aromatic rings. The fourth-order valence-electron chi connectivity index (χ4n) is 4.23. The van der Waals surface area contributed by atoms with Gasteiger partial charge in [0.15, 0.2) is 5.13 Å². The number of thiazole rings is 1. The van der Waals surface area contributed by atoms with Gasteiger partial charge in [0.1, 0.15) is 17.3 Å². The molecule has 0 aliphatic carbocycles. The minimum absolute atomic E-state index is 0.0298. The van der Waals surface area contributed by atoms with Gasteiger partial charge in [0, 0.05) is 10.6 Å². The predicted octanol–water partition coefficient (Wildman–Crippen LogP) is 6.37. The highest BCUT2D eigenvalue weighted by Crippen LogP contribution is 2.45. The molecule has 0 bridgehead atoms. The van der Waals surface area contributed by atoms with Crippen molar-refractivity contribution in [2.75, 3.05) is 18.6 Å². The van der Waals surface area contributed by atoms with Crippen LogP contribution < -0.4 is 14.4 Å². The molecule has 1 aliphatic rings. The summed E-state index contributed by atoms with van der Waals surface area (Å²) < 4.78 is 11.8. The molecule has 1 aliphatic heterocycles. The van der Waals surface area contributed by atoms with E-state index in [1.54, 1.807) is 66.7 Å². The number of nitrogens with zero attached hydrogens (tertiary/aromatic N) is 2. The number of hydrogen-bond acceptors (Lipinski definition) is 7. The fourth-order valence-corrected chi connectivity index (χ4v) is 5.50. The molecule has 1 unspecified atom stereocenters.